The summed E-state index contributed by atoms with van der Waals surface area (Å²) in [7, 11) is 0. The van der Waals surface area contributed by atoms with E-state index < -0.39 is 17.5 Å². The number of hydrogen-bond acceptors (Lipinski definition) is 3. The molecule has 1 atom stereocenters. The van der Waals surface area contributed by atoms with Crippen LogP contribution >= 0.6 is 0 Å². The monoisotopic (exact) mass is 207 g/mol. The van der Waals surface area contributed by atoms with Gasteiger partial charge in [0.05, 0.1) is 6.10 Å². The van der Waals surface area contributed by atoms with E-state index in [1.807, 2.05) is 19.1 Å². The van der Waals surface area contributed by atoms with Crippen LogP contribution in [-0.4, -0.2) is 11.1 Å². The molecule has 0 spiro atoms. The van der Waals surface area contributed by atoms with Gasteiger partial charge in [0.1, 0.15) is 0 Å². The van der Waals surface area contributed by atoms with Crippen LogP contribution in [0.25, 0.3) is 0 Å². The molecule has 1 aromatic carbocycles. The number of carboxylic acid groups (broad SMARTS) is 1. The fourth-order valence-corrected chi connectivity index (χ4v) is 1.28. The first kappa shape index (κ1) is 11.7. The summed E-state index contributed by atoms with van der Waals surface area (Å²) in [6.07, 6.45) is -1.05. The molecule has 0 fully saturated rings. The van der Waals surface area contributed by atoms with Gasteiger partial charge in [0.25, 0.3) is 0 Å². The van der Waals surface area contributed by atoms with Crippen molar-refractivity contribution in [2.45, 2.75) is 26.9 Å². The Bertz CT molecular complexity index is 352. The number of hydrogen-bond donors (Lipinski definition) is 1. The maximum Gasteiger partial charge on any atom is 0.0893 e. The van der Waals surface area contributed by atoms with Gasteiger partial charge in [-0.25, -0.2) is 0 Å². The molecule has 1 N–H and O–H groups in total. The highest BCUT2D eigenvalue weighted by molar-refractivity contribution is 5.72. The van der Waals surface area contributed by atoms with Crippen molar-refractivity contribution in [3.63, 3.8) is 0 Å². The van der Waals surface area contributed by atoms with E-state index in [4.69, 9.17) is 0 Å². The van der Waals surface area contributed by atoms with Crippen molar-refractivity contribution in [2.75, 3.05) is 0 Å². The van der Waals surface area contributed by atoms with Crippen LogP contribution in [-0.2, 0) is 4.79 Å². The number of carboxylic acids is 1. The lowest BCUT2D eigenvalue weighted by Crippen LogP contribution is -2.42. The van der Waals surface area contributed by atoms with Crippen LogP contribution in [0.5, 0.6) is 0 Å². The summed E-state index contributed by atoms with van der Waals surface area (Å²) in [5, 5.41) is 20.7. The zero-order valence-corrected chi connectivity index (χ0v) is 9.15. The highest BCUT2D eigenvalue weighted by atomic mass is 16.4. The molecule has 3 nitrogen and oxygen atoms in total. The minimum atomic E-state index is -1.28. The Hall–Kier alpha value is -1.35. The number of benzene rings is 1. The lowest BCUT2D eigenvalue weighted by Gasteiger charge is -2.31. The van der Waals surface area contributed by atoms with Gasteiger partial charge in [0, 0.05) is 11.4 Å². The molecule has 1 aromatic rings. The number of carbonyl (C=O) groups excluding carboxylic acids is 1. The summed E-state index contributed by atoms with van der Waals surface area (Å²) in [6.45, 7) is 4.83. The fraction of sp³-hybridized carbons (Fsp3) is 0.417. The van der Waals surface area contributed by atoms with Gasteiger partial charge in [-0.15, -0.1) is 0 Å². The standard InChI is InChI=1S/C12H16O3/c1-8-4-6-9(7-5-8)10(13)12(2,3)11(14)15/h4-7,10,13H,1-3H3,(H,14,15)/p-1/t10-/m0/s1. The van der Waals surface area contributed by atoms with Crippen molar-refractivity contribution in [3.8, 4) is 0 Å². The molecule has 3 heteroatoms. The number of rotatable bonds is 3. The number of aliphatic carboxylic acids is 1. The van der Waals surface area contributed by atoms with Gasteiger partial charge in [-0.1, -0.05) is 43.7 Å². The number of aliphatic hydroxyl groups excluding tert-OH is 1. The van der Waals surface area contributed by atoms with Crippen LogP contribution < -0.4 is 5.11 Å². The first-order chi connectivity index (χ1) is 6.85. The quantitative estimate of drug-likeness (QED) is 0.797. The predicted octanol–water partition coefficient (Wildman–Crippen LogP) is 0.805. The molecular weight excluding hydrogens is 192 g/mol. The average Bonchev–Trinajstić information content (AvgIpc) is 2.17. The van der Waals surface area contributed by atoms with E-state index in [2.05, 4.69) is 0 Å². The minimum Gasteiger partial charge on any atom is -0.549 e. The molecule has 0 bridgehead atoms. The van der Waals surface area contributed by atoms with Crippen molar-refractivity contribution in [1.82, 2.24) is 0 Å². The molecule has 0 aliphatic carbocycles. The van der Waals surface area contributed by atoms with Gasteiger partial charge in [0.2, 0.25) is 0 Å². The minimum absolute atomic E-state index is 0.592. The van der Waals surface area contributed by atoms with Crippen LogP contribution in [0.4, 0.5) is 0 Å². The Morgan fingerprint density at radius 1 is 1.33 bits per heavy atom. The van der Waals surface area contributed by atoms with Crippen molar-refractivity contribution in [1.29, 1.82) is 0 Å². The third-order valence-corrected chi connectivity index (χ3v) is 2.60. The first-order valence-corrected chi connectivity index (χ1v) is 4.82. The molecule has 15 heavy (non-hydrogen) atoms. The Morgan fingerprint density at radius 3 is 2.20 bits per heavy atom. The summed E-state index contributed by atoms with van der Waals surface area (Å²) in [4.78, 5) is 10.8. The molecule has 0 heterocycles. The van der Waals surface area contributed by atoms with Gasteiger partial charge in [-0.3, -0.25) is 0 Å². The first-order valence-electron chi connectivity index (χ1n) is 4.82. The zero-order chi connectivity index (χ0) is 11.6. The molecule has 0 radical (unpaired) electrons. The number of carbonyl (C=O) groups is 1. The predicted molar refractivity (Wildman–Crippen MR) is 54.9 cm³/mol. The molecule has 0 aliphatic heterocycles. The molecule has 0 amide bonds. The van der Waals surface area contributed by atoms with Gasteiger partial charge < -0.3 is 15.0 Å². The molecule has 0 aliphatic rings. The van der Waals surface area contributed by atoms with Crippen molar-refractivity contribution in [3.05, 3.63) is 35.4 Å². The van der Waals surface area contributed by atoms with E-state index in [1.165, 1.54) is 13.8 Å². The summed E-state index contributed by atoms with van der Waals surface area (Å²) in [6, 6.07) is 7.13. The Kier molecular flexibility index (Phi) is 3.15. The topological polar surface area (TPSA) is 60.4 Å². The molecule has 0 unspecified atom stereocenters. The summed E-state index contributed by atoms with van der Waals surface area (Å²) >= 11 is 0. The van der Waals surface area contributed by atoms with E-state index in [0.717, 1.165) is 5.56 Å². The van der Waals surface area contributed by atoms with E-state index >= 15 is 0 Å². The Morgan fingerprint density at radius 2 is 1.80 bits per heavy atom. The van der Waals surface area contributed by atoms with Gasteiger partial charge >= 0.3 is 0 Å². The van der Waals surface area contributed by atoms with E-state index in [0.29, 0.717) is 5.56 Å². The highest BCUT2D eigenvalue weighted by Gasteiger charge is 2.30. The maximum atomic E-state index is 10.8. The van der Waals surface area contributed by atoms with E-state index in [-0.39, 0.29) is 0 Å². The number of aliphatic hydroxyl groups is 1. The SMILES string of the molecule is Cc1ccc([C@H](O)C(C)(C)C(=O)[O-])cc1. The smallest absolute Gasteiger partial charge is 0.0893 e. The van der Waals surface area contributed by atoms with Gasteiger partial charge in [0.15, 0.2) is 0 Å². The molecule has 1 rings (SSSR count). The largest absolute Gasteiger partial charge is 0.549 e. The zero-order valence-electron chi connectivity index (χ0n) is 9.15. The lowest BCUT2D eigenvalue weighted by atomic mass is 9.82. The second-order valence-electron chi connectivity index (χ2n) is 4.32. The summed E-state index contributed by atoms with van der Waals surface area (Å²) in [5.41, 5.74) is 0.377. The Labute approximate surface area is 89.4 Å². The maximum absolute atomic E-state index is 10.8. The van der Waals surface area contributed by atoms with Crippen molar-refractivity contribution in [2.24, 2.45) is 5.41 Å². The van der Waals surface area contributed by atoms with E-state index in [1.54, 1.807) is 12.1 Å². The van der Waals surface area contributed by atoms with Crippen LogP contribution in [0.1, 0.15) is 31.1 Å². The lowest BCUT2D eigenvalue weighted by molar-refractivity contribution is -0.321. The fourth-order valence-electron chi connectivity index (χ4n) is 1.28. The van der Waals surface area contributed by atoms with Crippen LogP contribution in [0.3, 0.4) is 0 Å². The second kappa shape index (κ2) is 4.03. The second-order valence-corrected chi connectivity index (χ2v) is 4.32. The van der Waals surface area contributed by atoms with Crippen LogP contribution in [0.15, 0.2) is 24.3 Å². The summed E-state index contributed by atoms with van der Waals surface area (Å²) in [5.74, 6) is -1.25. The highest BCUT2D eigenvalue weighted by Crippen LogP contribution is 2.32. The number of aryl methyl sites for hydroxylation is 1. The molecule has 82 valence electrons. The molecule has 0 saturated carbocycles. The Balaban J connectivity index is 2.99. The van der Waals surface area contributed by atoms with Crippen molar-refractivity contribution >= 4 is 5.97 Å². The van der Waals surface area contributed by atoms with Crippen LogP contribution in [0, 0.1) is 12.3 Å². The van der Waals surface area contributed by atoms with Gasteiger partial charge in [-0.2, -0.15) is 0 Å². The average molecular weight is 207 g/mol. The normalized spacial score (nSPS) is 13.6. The third kappa shape index (κ3) is 2.36. The molecule has 0 saturated heterocycles. The van der Waals surface area contributed by atoms with Crippen LogP contribution in [0.2, 0.25) is 0 Å². The third-order valence-electron chi connectivity index (χ3n) is 2.60. The van der Waals surface area contributed by atoms with Crippen molar-refractivity contribution < 1.29 is 15.0 Å². The molecule has 0 aromatic heterocycles. The van der Waals surface area contributed by atoms with E-state index in [9.17, 15) is 15.0 Å². The summed E-state index contributed by atoms with van der Waals surface area (Å²) < 4.78 is 0. The molecular formula is C12H15O3-. The van der Waals surface area contributed by atoms with Gasteiger partial charge in [-0.05, 0) is 12.5 Å².